The molecule has 8 nitrogen and oxygen atoms in total. The van der Waals surface area contributed by atoms with Gasteiger partial charge in [-0.15, -0.1) is 0 Å². The molecule has 0 radical (unpaired) electrons. The highest BCUT2D eigenvalue weighted by Gasteiger charge is 2.58. The number of urea groups is 1. The molecule has 2 aromatic rings. The number of nitrogens with one attached hydrogen (secondary N) is 1. The highest BCUT2D eigenvalue weighted by atomic mass is 19.4. The zero-order valence-electron chi connectivity index (χ0n) is 19.8. The summed E-state index contributed by atoms with van der Waals surface area (Å²) in [5.41, 5.74) is 2.33. The summed E-state index contributed by atoms with van der Waals surface area (Å²) in [7, 11) is 1.32. The summed E-state index contributed by atoms with van der Waals surface area (Å²) in [5, 5.41) is 11.5. The van der Waals surface area contributed by atoms with Gasteiger partial charge in [-0.05, 0) is 31.7 Å². The second kappa shape index (κ2) is 7.02. The molecule has 2 aromatic heterocycles. The summed E-state index contributed by atoms with van der Waals surface area (Å²) in [6.45, 7) is 4.76. The number of alkyl halides is 3. The minimum absolute atomic E-state index is 0.0419. The fourth-order valence-corrected chi connectivity index (χ4v) is 7.03. The number of nitrogens with zero attached hydrogens (tertiary/aromatic N) is 6. The average Bonchev–Trinajstić information content (AvgIpc) is 3.28. The molecular formula is C24H30F3N7O. The van der Waals surface area contributed by atoms with E-state index in [2.05, 4.69) is 21.4 Å². The number of carbonyl (C=O) groups is 1. The Hall–Kier alpha value is -2.56. The van der Waals surface area contributed by atoms with Gasteiger partial charge in [-0.25, -0.2) is 4.79 Å². The molecule has 7 rings (SSSR count). The molecular weight excluding hydrogens is 459 g/mol. The standard InChI is InChI=1S/C24H30F3N7O/c1-31-20(24(25,26)27)17(7-28-31)8-32-9-23(10-32)13-34(14-23)21(35)33-11-22(12-33)5-16(6-22)19-4-18(29-30-19)15-2-3-15/h4,7,15-16H,2-3,5-6,8-14H2,1H3,(H,29,30). The molecule has 188 valence electrons. The van der Waals surface area contributed by atoms with Crippen LogP contribution in [0.5, 0.6) is 0 Å². The van der Waals surface area contributed by atoms with E-state index in [-0.39, 0.29) is 29.0 Å². The summed E-state index contributed by atoms with van der Waals surface area (Å²) >= 11 is 0. The number of carbonyl (C=O) groups excluding carboxylic acids is 1. The van der Waals surface area contributed by atoms with Crippen LogP contribution in [0.25, 0.3) is 0 Å². The highest BCUT2D eigenvalue weighted by molar-refractivity contribution is 5.77. The van der Waals surface area contributed by atoms with Crippen LogP contribution in [0.4, 0.5) is 18.0 Å². The molecule has 5 fully saturated rings. The lowest BCUT2D eigenvalue weighted by molar-refractivity contribution is -0.145. The van der Waals surface area contributed by atoms with E-state index in [1.54, 1.807) is 0 Å². The fraction of sp³-hybridized carbons (Fsp3) is 0.708. The van der Waals surface area contributed by atoms with Crippen molar-refractivity contribution in [3.63, 3.8) is 0 Å². The Morgan fingerprint density at radius 3 is 2.34 bits per heavy atom. The lowest BCUT2D eigenvalue weighted by Crippen LogP contribution is -2.75. The number of halogens is 3. The predicted octanol–water partition coefficient (Wildman–Crippen LogP) is 3.16. The lowest BCUT2D eigenvalue weighted by atomic mass is 9.57. The Kier molecular flexibility index (Phi) is 4.35. The van der Waals surface area contributed by atoms with Crippen molar-refractivity contribution in [3.05, 3.63) is 34.9 Å². The molecule has 3 aliphatic heterocycles. The number of aryl methyl sites for hydroxylation is 1. The highest BCUT2D eigenvalue weighted by Crippen LogP contribution is 2.56. The average molecular weight is 490 g/mol. The predicted molar refractivity (Wildman–Crippen MR) is 119 cm³/mol. The molecule has 0 aromatic carbocycles. The van der Waals surface area contributed by atoms with E-state index in [9.17, 15) is 18.0 Å². The van der Waals surface area contributed by atoms with Crippen LogP contribution < -0.4 is 0 Å². The first-order valence-electron chi connectivity index (χ1n) is 12.5. The summed E-state index contributed by atoms with van der Waals surface area (Å²) in [6.07, 6.45) is 1.67. The van der Waals surface area contributed by atoms with Crippen LogP contribution in [0.15, 0.2) is 12.3 Å². The first kappa shape index (κ1) is 21.7. The van der Waals surface area contributed by atoms with Crippen LogP contribution in [0, 0.1) is 10.8 Å². The van der Waals surface area contributed by atoms with Crippen LogP contribution >= 0.6 is 0 Å². The van der Waals surface area contributed by atoms with Crippen LogP contribution in [-0.4, -0.2) is 80.0 Å². The Labute approximate surface area is 201 Å². The number of aromatic amines is 1. The molecule has 0 bridgehead atoms. The zero-order chi connectivity index (χ0) is 24.2. The number of H-pyrrole nitrogens is 1. The Morgan fingerprint density at radius 2 is 1.71 bits per heavy atom. The van der Waals surface area contributed by atoms with Gasteiger partial charge < -0.3 is 9.80 Å². The van der Waals surface area contributed by atoms with E-state index in [4.69, 9.17) is 0 Å². The van der Waals surface area contributed by atoms with E-state index >= 15 is 0 Å². The van der Waals surface area contributed by atoms with Gasteiger partial charge in [0, 0.05) is 86.8 Å². The molecule has 3 saturated heterocycles. The maximum absolute atomic E-state index is 13.3. The van der Waals surface area contributed by atoms with Crippen LogP contribution in [0.1, 0.15) is 60.2 Å². The normalized spacial score (nSPS) is 25.4. The Morgan fingerprint density at radius 1 is 1.06 bits per heavy atom. The van der Waals surface area contributed by atoms with Gasteiger partial charge >= 0.3 is 12.2 Å². The van der Waals surface area contributed by atoms with Crippen LogP contribution in [-0.2, 0) is 19.8 Å². The van der Waals surface area contributed by atoms with Gasteiger partial charge in [0.15, 0.2) is 0 Å². The number of hydrogen-bond acceptors (Lipinski definition) is 4. The SMILES string of the molecule is Cn1ncc(CN2CC3(C2)CN(C(=O)N2CC4(CC(c5cc(C6CC6)n[nH]5)C4)C2)C3)c1C(F)(F)F. The molecule has 1 N–H and O–H groups in total. The van der Waals surface area contributed by atoms with Crippen molar-refractivity contribution in [1.29, 1.82) is 0 Å². The molecule has 2 saturated carbocycles. The smallest absolute Gasteiger partial charge is 0.323 e. The molecule has 35 heavy (non-hydrogen) atoms. The van der Waals surface area contributed by atoms with Crippen molar-refractivity contribution in [1.82, 2.24) is 34.7 Å². The van der Waals surface area contributed by atoms with Gasteiger partial charge in [0.2, 0.25) is 0 Å². The largest absolute Gasteiger partial charge is 0.433 e. The zero-order valence-corrected chi connectivity index (χ0v) is 19.8. The monoisotopic (exact) mass is 489 g/mol. The van der Waals surface area contributed by atoms with Crippen molar-refractivity contribution in [2.75, 3.05) is 39.3 Å². The first-order chi connectivity index (χ1) is 16.6. The second-order valence-electron chi connectivity index (χ2n) is 11.9. The van der Waals surface area contributed by atoms with Gasteiger partial charge in [-0.2, -0.15) is 23.4 Å². The van der Waals surface area contributed by atoms with Gasteiger partial charge in [0.25, 0.3) is 0 Å². The summed E-state index contributed by atoms with van der Waals surface area (Å²) in [6, 6.07) is 2.36. The number of hydrogen-bond donors (Lipinski definition) is 1. The molecule has 2 spiro atoms. The van der Waals surface area contributed by atoms with Crippen LogP contribution in [0.2, 0.25) is 0 Å². The van der Waals surface area contributed by atoms with E-state index < -0.39 is 11.9 Å². The Bertz CT molecular complexity index is 1150. The van der Waals surface area contributed by atoms with E-state index in [0.29, 0.717) is 24.9 Å². The van der Waals surface area contributed by atoms with Crippen molar-refractivity contribution < 1.29 is 18.0 Å². The minimum atomic E-state index is -4.41. The number of rotatable bonds is 4. The third kappa shape index (κ3) is 3.48. The van der Waals surface area contributed by atoms with Gasteiger partial charge in [-0.1, -0.05) is 0 Å². The second-order valence-corrected chi connectivity index (χ2v) is 11.9. The maximum atomic E-state index is 13.3. The molecule has 5 heterocycles. The van der Waals surface area contributed by atoms with Crippen LogP contribution in [0.3, 0.4) is 0 Å². The van der Waals surface area contributed by atoms with Crippen molar-refractivity contribution in [3.8, 4) is 0 Å². The van der Waals surface area contributed by atoms with Gasteiger partial charge in [0.05, 0.1) is 11.9 Å². The maximum Gasteiger partial charge on any atom is 0.433 e. The topological polar surface area (TPSA) is 73.3 Å². The third-order valence-electron chi connectivity index (χ3n) is 8.85. The number of amides is 2. The first-order valence-corrected chi connectivity index (χ1v) is 12.5. The third-order valence-corrected chi connectivity index (χ3v) is 8.85. The van der Waals surface area contributed by atoms with E-state index in [0.717, 1.165) is 43.7 Å². The van der Waals surface area contributed by atoms with Crippen molar-refractivity contribution in [2.45, 2.75) is 50.2 Å². The molecule has 5 aliphatic rings. The molecule has 0 atom stereocenters. The summed E-state index contributed by atoms with van der Waals surface area (Å²) in [5.74, 6) is 1.21. The number of likely N-dealkylation sites (tertiary alicyclic amines) is 3. The quantitative estimate of drug-likeness (QED) is 0.716. The fourth-order valence-electron chi connectivity index (χ4n) is 7.03. The van der Waals surface area contributed by atoms with Crippen molar-refractivity contribution >= 4 is 6.03 Å². The lowest BCUT2D eigenvalue weighted by Gasteiger charge is -2.63. The van der Waals surface area contributed by atoms with Gasteiger partial charge in [0.1, 0.15) is 5.69 Å². The number of aromatic nitrogens is 4. The van der Waals surface area contributed by atoms with E-state index in [1.165, 1.54) is 37.5 Å². The van der Waals surface area contributed by atoms with Crippen molar-refractivity contribution in [2.24, 2.45) is 17.9 Å². The molecule has 2 amide bonds. The molecule has 11 heteroatoms. The Balaban J connectivity index is 0.862. The molecule has 0 unspecified atom stereocenters. The van der Waals surface area contributed by atoms with E-state index in [1.807, 2.05) is 14.7 Å². The molecule has 2 aliphatic carbocycles. The summed E-state index contributed by atoms with van der Waals surface area (Å²) in [4.78, 5) is 18.8. The minimum Gasteiger partial charge on any atom is -0.323 e. The van der Waals surface area contributed by atoms with Gasteiger partial charge in [-0.3, -0.25) is 14.7 Å². The summed E-state index contributed by atoms with van der Waals surface area (Å²) < 4.78 is 40.8.